The molecule has 2 rings (SSSR count). The average molecular weight is 305 g/mol. The van der Waals surface area contributed by atoms with Crippen LogP contribution in [0.4, 0.5) is 5.69 Å². The predicted molar refractivity (Wildman–Crippen MR) is 80.4 cm³/mol. The van der Waals surface area contributed by atoms with Crippen LogP contribution in [0.25, 0.3) is 0 Å². The Kier molecular flexibility index (Phi) is 4.99. The number of hydrogen-bond acceptors (Lipinski definition) is 5. The topological polar surface area (TPSA) is 85.1 Å². The van der Waals surface area contributed by atoms with E-state index in [-0.39, 0.29) is 18.0 Å². The molecule has 0 saturated carbocycles. The van der Waals surface area contributed by atoms with Crippen LogP contribution < -0.4 is 5.32 Å². The molecule has 0 radical (unpaired) electrons. The third kappa shape index (κ3) is 4.64. The van der Waals surface area contributed by atoms with Crippen LogP contribution in [0.2, 0.25) is 0 Å². The van der Waals surface area contributed by atoms with E-state index in [9.17, 15) is 14.9 Å². The number of nitrogens with zero attached hydrogens (tertiary/aromatic N) is 2. The fourth-order valence-corrected chi connectivity index (χ4v) is 2.48. The van der Waals surface area contributed by atoms with Crippen LogP contribution in [0, 0.1) is 17.0 Å². The molecule has 0 spiro atoms. The Balaban J connectivity index is 1.77. The molecule has 7 heteroatoms. The fraction of sp³-hybridized carbons (Fsp3) is 0.286. The van der Waals surface area contributed by atoms with Crippen LogP contribution in [0.3, 0.4) is 0 Å². The number of nitro groups is 1. The highest BCUT2D eigenvalue weighted by atomic mass is 32.1. The third-order valence-corrected chi connectivity index (χ3v) is 3.70. The highest BCUT2D eigenvalue weighted by molar-refractivity contribution is 7.09. The molecule has 1 amide bonds. The first-order valence-corrected chi connectivity index (χ1v) is 7.33. The lowest BCUT2D eigenvalue weighted by molar-refractivity contribution is -0.384. The lowest BCUT2D eigenvalue weighted by Gasteiger charge is -2.04. The van der Waals surface area contributed by atoms with Crippen molar-refractivity contribution in [2.75, 3.05) is 6.54 Å². The van der Waals surface area contributed by atoms with Crippen molar-refractivity contribution in [3.05, 3.63) is 56.0 Å². The highest BCUT2D eigenvalue weighted by Gasteiger charge is 2.07. The summed E-state index contributed by atoms with van der Waals surface area (Å²) in [4.78, 5) is 26.2. The van der Waals surface area contributed by atoms with E-state index in [1.807, 2.05) is 12.3 Å². The number of amides is 1. The molecule has 21 heavy (non-hydrogen) atoms. The average Bonchev–Trinajstić information content (AvgIpc) is 2.85. The largest absolute Gasteiger partial charge is 0.355 e. The van der Waals surface area contributed by atoms with E-state index < -0.39 is 4.92 Å². The summed E-state index contributed by atoms with van der Waals surface area (Å²) in [5.41, 5.74) is 1.76. The molecular weight excluding hydrogens is 290 g/mol. The van der Waals surface area contributed by atoms with Gasteiger partial charge in [0.25, 0.3) is 5.69 Å². The number of nitro benzene ring substituents is 1. The van der Waals surface area contributed by atoms with Crippen molar-refractivity contribution in [2.24, 2.45) is 0 Å². The van der Waals surface area contributed by atoms with Crippen molar-refractivity contribution in [3.8, 4) is 0 Å². The Labute approximate surface area is 126 Å². The summed E-state index contributed by atoms with van der Waals surface area (Å²) >= 11 is 1.59. The third-order valence-electron chi connectivity index (χ3n) is 2.88. The van der Waals surface area contributed by atoms with Gasteiger partial charge in [0, 0.05) is 30.5 Å². The van der Waals surface area contributed by atoms with Gasteiger partial charge in [0.2, 0.25) is 5.91 Å². The van der Waals surface area contributed by atoms with Gasteiger partial charge in [-0.05, 0) is 12.5 Å². The van der Waals surface area contributed by atoms with Gasteiger partial charge >= 0.3 is 0 Å². The van der Waals surface area contributed by atoms with E-state index in [1.54, 1.807) is 23.5 Å². The summed E-state index contributed by atoms with van der Waals surface area (Å²) in [6, 6.07) is 6.00. The summed E-state index contributed by atoms with van der Waals surface area (Å²) in [6.45, 7) is 2.48. The van der Waals surface area contributed by atoms with Gasteiger partial charge in [-0.15, -0.1) is 11.3 Å². The fourth-order valence-electron chi connectivity index (χ4n) is 1.84. The molecule has 0 aliphatic rings. The smallest absolute Gasteiger partial charge is 0.269 e. The van der Waals surface area contributed by atoms with Crippen molar-refractivity contribution in [3.63, 3.8) is 0 Å². The first-order chi connectivity index (χ1) is 10.0. The lowest BCUT2D eigenvalue weighted by atomic mass is 10.1. The summed E-state index contributed by atoms with van der Waals surface area (Å²) in [7, 11) is 0. The number of thiazole rings is 1. The number of carbonyl (C=O) groups excluding carboxylic acids is 1. The van der Waals surface area contributed by atoms with E-state index in [0.29, 0.717) is 13.0 Å². The van der Waals surface area contributed by atoms with Gasteiger partial charge in [-0.25, -0.2) is 4.98 Å². The van der Waals surface area contributed by atoms with Gasteiger partial charge in [-0.1, -0.05) is 12.1 Å². The number of rotatable bonds is 6. The van der Waals surface area contributed by atoms with Crippen LogP contribution in [0.5, 0.6) is 0 Å². The number of benzene rings is 1. The van der Waals surface area contributed by atoms with E-state index in [4.69, 9.17) is 0 Å². The lowest BCUT2D eigenvalue weighted by Crippen LogP contribution is -2.27. The molecule has 0 saturated heterocycles. The van der Waals surface area contributed by atoms with Crippen molar-refractivity contribution >= 4 is 22.9 Å². The quantitative estimate of drug-likeness (QED) is 0.655. The Morgan fingerprint density at radius 2 is 2.10 bits per heavy atom. The van der Waals surface area contributed by atoms with E-state index >= 15 is 0 Å². The van der Waals surface area contributed by atoms with Crippen LogP contribution in [0.1, 0.15) is 16.3 Å². The molecule has 1 aromatic carbocycles. The van der Waals surface area contributed by atoms with Gasteiger partial charge < -0.3 is 5.32 Å². The van der Waals surface area contributed by atoms with Crippen molar-refractivity contribution in [1.82, 2.24) is 10.3 Å². The highest BCUT2D eigenvalue weighted by Crippen LogP contribution is 2.12. The predicted octanol–water partition coefficient (Wildman–Crippen LogP) is 2.26. The monoisotopic (exact) mass is 305 g/mol. The first-order valence-electron chi connectivity index (χ1n) is 6.45. The molecule has 2 aromatic rings. The summed E-state index contributed by atoms with van der Waals surface area (Å²) < 4.78 is 0. The van der Waals surface area contributed by atoms with Crippen LogP contribution in [-0.2, 0) is 17.6 Å². The van der Waals surface area contributed by atoms with Crippen LogP contribution in [-0.4, -0.2) is 22.4 Å². The molecule has 0 unspecified atom stereocenters. The SMILES string of the molecule is Cc1nc(CCNC(=O)Cc2ccc([N+](=O)[O-])cc2)cs1. The van der Waals surface area contributed by atoms with Crippen molar-refractivity contribution in [2.45, 2.75) is 19.8 Å². The van der Waals surface area contributed by atoms with E-state index in [1.165, 1.54) is 12.1 Å². The molecule has 0 fully saturated rings. The van der Waals surface area contributed by atoms with Crippen LogP contribution in [0.15, 0.2) is 29.6 Å². The minimum Gasteiger partial charge on any atom is -0.355 e. The second-order valence-electron chi connectivity index (χ2n) is 4.56. The van der Waals surface area contributed by atoms with E-state index in [2.05, 4.69) is 10.3 Å². The maximum absolute atomic E-state index is 11.8. The zero-order chi connectivity index (χ0) is 15.2. The summed E-state index contributed by atoms with van der Waals surface area (Å²) in [5.74, 6) is -0.101. The maximum atomic E-state index is 11.8. The minimum atomic E-state index is -0.459. The molecule has 6 nitrogen and oxygen atoms in total. The van der Waals surface area contributed by atoms with Crippen LogP contribution >= 0.6 is 11.3 Å². The van der Waals surface area contributed by atoms with Gasteiger partial charge in [0.1, 0.15) is 0 Å². The Morgan fingerprint density at radius 3 is 2.67 bits per heavy atom. The van der Waals surface area contributed by atoms with Gasteiger partial charge in [-0.2, -0.15) is 0 Å². The van der Waals surface area contributed by atoms with Gasteiger partial charge in [-0.3, -0.25) is 14.9 Å². The molecule has 0 aliphatic heterocycles. The molecule has 1 N–H and O–H groups in total. The summed E-state index contributed by atoms with van der Waals surface area (Å²) in [5, 5.41) is 16.4. The molecule has 0 aliphatic carbocycles. The molecule has 1 heterocycles. The molecule has 0 atom stereocenters. The van der Waals surface area contributed by atoms with Crippen molar-refractivity contribution < 1.29 is 9.72 Å². The Morgan fingerprint density at radius 1 is 1.38 bits per heavy atom. The number of non-ortho nitro benzene ring substituents is 1. The number of carbonyl (C=O) groups is 1. The zero-order valence-electron chi connectivity index (χ0n) is 11.5. The van der Waals surface area contributed by atoms with Gasteiger partial charge in [0.05, 0.1) is 22.0 Å². The number of nitrogens with one attached hydrogen (secondary N) is 1. The Hall–Kier alpha value is -2.28. The Bertz CT molecular complexity index is 637. The molecule has 110 valence electrons. The zero-order valence-corrected chi connectivity index (χ0v) is 12.4. The van der Waals surface area contributed by atoms with Crippen molar-refractivity contribution in [1.29, 1.82) is 0 Å². The van der Waals surface area contributed by atoms with E-state index in [0.717, 1.165) is 16.3 Å². The standard InChI is InChI=1S/C14H15N3O3S/c1-10-16-12(9-21-10)6-7-15-14(18)8-11-2-4-13(5-3-11)17(19)20/h2-5,9H,6-8H2,1H3,(H,15,18). The molecule has 1 aromatic heterocycles. The second kappa shape index (κ2) is 6.94. The number of aromatic nitrogens is 1. The normalized spacial score (nSPS) is 10.3. The van der Waals surface area contributed by atoms with Gasteiger partial charge in [0.15, 0.2) is 0 Å². The second-order valence-corrected chi connectivity index (χ2v) is 5.62. The number of hydrogen-bond donors (Lipinski definition) is 1. The maximum Gasteiger partial charge on any atom is 0.269 e. The molecular formula is C14H15N3O3S. The summed E-state index contributed by atoms with van der Waals surface area (Å²) in [6.07, 6.45) is 0.921. The molecule has 0 bridgehead atoms. The first kappa shape index (κ1) is 15.1. The minimum absolute atomic E-state index is 0.0260. The number of aryl methyl sites for hydroxylation is 1.